The maximum absolute atomic E-state index is 13.7. The topological polar surface area (TPSA) is 114 Å². The van der Waals surface area contributed by atoms with Gasteiger partial charge in [-0.05, 0) is 72.2 Å². The number of rotatable bonds is 11. The van der Waals surface area contributed by atoms with Crippen LogP contribution in [0.25, 0.3) is 22.9 Å². The van der Waals surface area contributed by atoms with Crippen LogP contribution < -0.4 is 21.5 Å². The summed E-state index contributed by atoms with van der Waals surface area (Å²) in [7, 11) is 1.77. The summed E-state index contributed by atoms with van der Waals surface area (Å²) in [6.07, 6.45) is 1.63. The number of para-hydroxylation sites is 1. The van der Waals surface area contributed by atoms with E-state index in [4.69, 9.17) is 0 Å². The number of nitrogens with one attached hydrogen (secondary N) is 3. The molecule has 0 bridgehead atoms. The molecule has 0 aliphatic carbocycles. The summed E-state index contributed by atoms with van der Waals surface area (Å²) in [5.41, 5.74) is 5.01. The first kappa shape index (κ1) is 34.5. The molecule has 1 aromatic heterocycles. The Hall–Kier alpha value is -6.39. The Balaban J connectivity index is 1.15. The second-order valence-electron chi connectivity index (χ2n) is 11.6. The van der Waals surface area contributed by atoms with E-state index in [1.54, 1.807) is 67.2 Å². The average molecular weight is 694 g/mol. The van der Waals surface area contributed by atoms with Gasteiger partial charge in [0.05, 0.1) is 17.1 Å². The van der Waals surface area contributed by atoms with Crippen LogP contribution in [0.15, 0.2) is 155 Å². The van der Waals surface area contributed by atoms with Crippen molar-refractivity contribution in [1.82, 2.24) is 14.7 Å². The molecule has 5 aromatic carbocycles. The highest BCUT2D eigenvalue weighted by atomic mass is 32.2. The molecule has 6 rings (SSSR count). The van der Waals surface area contributed by atoms with E-state index in [9.17, 15) is 19.2 Å². The number of anilines is 2. The van der Waals surface area contributed by atoms with E-state index >= 15 is 0 Å². The summed E-state index contributed by atoms with van der Waals surface area (Å²) >= 11 is 1.26. The maximum Gasteiger partial charge on any atom is 0.295 e. The number of carbonyl (C=O) groups is 3. The van der Waals surface area contributed by atoms with Crippen LogP contribution in [0.4, 0.5) is 11.4 Å². The van der Waals surface area contributed by atoms with Crippen molar-refractivity contribution in [1.29, 1.82) is 0 Å². The molecule has 0 atom stereocenters. The van der Waals surface area contributed by atoms with E-state index in [0.29, 0.717) is 22.6 Å². The third-order valence-electron chi connectivity index (χ3n) is 8.14. The van der Waals surface area contributed by atoms with E-state index < -0.39 is 11.8 Å². The fraction of sp³-hybridized carbons (Fsp3) is 0.0732. The van der Waals surface area contributed by atoms with Crippen molar-refractivity contribution in [3.63, 3.8) is 0 Å². The lowest BCUT2D eigenvalue weighted by Gasteiger charge is -2.12. The van der Waals surface area contributed by atoms with Crippen LogP contribution in [0.1, 0.15) is 21.6 Å². The first-order valence-corrected chi connectivity index (χ1v) is 17.2. The van der Waals surface area contributed by atoms with Crippen molar-refractivity contribution in [3.05, 3.63) is 172 Å². The Labute approximate surface area is 299 Å². The molecule has 1 heterocycles. The zero-order valence-corrected chi connectivity index (χ0v) is 28.8. The zero-order valence-electron chi connectivity index (χ0n) is 28.0. The molecule has 3 amide bonds. The van der Waals surface area contributed by atoms with Crippen LogP contribution in [0, 0.1) is 6.92 Å². The lowest BCUT2D eigenvalue weighted by Crippen LogP contribution is -2.30. The Morgan fingerprint density at radius 3 is 2.04 bits per heavy atom. The van der Waals surface area contributed by atoms with Crippen LogP contribution in [0.5, 0.6) is 0 Å². The van der Waals surface area contributed by atoms with Crippen molar-refractivity contribution in [3.8, 4) is 16.8 Å². The number of hydrogen-bond donors (Lipinski definition) is 3. The normalized spacial score (nSPS) is 11.1. The molecule has 9 nitrogen and oxygen atoms in total. The van der Waals surface area contributed by atoms with Gasteiger partial charge in [0.2, 0.25) is 5.91 Å². The number of hydrogen-bond acceptors (Lipinski definition) is 5. The van der Waals surface area contributed by atoms with Gasteiger partial charge in [-0.2, -0.15) is 0 Å². The highest BCUT2D eigenvalue weighted by Gasteiger charge is 2.19. The molecule has 0 radical (unpaired) electrons. The molecule has 0 unspecified atom stereocenters. The predicted octanol–water partition coefficient (Wildman–Crippen LogP) is 7.29. The van der Waals surface area contributed by atoms with Crippen LogP contribution in [0.2, 0.25) is 0 Å². The first-order valence-electron chi connectivity index (χ1n) is 16.2. The van der Waals surface area contributed by atoms with E-state index in [1.807, 2.05) is 97.1 Å². The maximum atomic E-state index is 13.7. The third kappa shape index (κ3) is 8.44. The minimum absolute atomic E-state index is 0.0355. The monoisotopic (exact) mass is 693 g/mol. The Bertz CT molecular complexity index is 2260. The van der Waals surface area contributed by atoms with Gasteiger partial charge in [0, 0.05) is 23.2 Å². The van der Waals surface area contributed by atoms with E-state index in [0.717, 1.165) is 21.6 Å². The smallest absolute Gasteiger partial charge is 0.295 e. The van der Waals surface area contributed by atoms with Crippen molar-refractivity contribution in [2.75, 3.05) is 16.4 Å². The summed E-state index contributed by atoms with van der Waals surface area (Å²) in [5.74, 6) is -1.24. The SMILES string of the molecule is Cc1c(NC(=O)CSc2cccc(NC(=O)/C(=C\c3ccc(-c4ccccc4)cc3)NC(=O)c3ccccc3)c2)c(=O)n(-c2ccccc2)n1C. The van der Waals surface area contributed by atoms with E-state index in [-0.39, 0.29) is 28.6 Å². The summed E-state index contributed by atoms with van der Waals surface area (Å²) in [4.78, 5) is 53.7. The summed E-state index contributed by atoms with van der Waals surface area (Å²) < 4.78 is 3.21. The second kappa shape index (κ2) is 15.9. The Morgan fingerprint density at radius 1 is 0.725 bits per heavy atom. The molecule has 10 heteroatoms. The largest absolute Gasteiger partial charge is 0.321 e. The van der Waals surface area contributed by atoms with Crippen molar-refractivity contribution >= 4 is 46.9 Å². The summed E-state index contributed by atoms with van der Waals surface area (Å²) in [5, 5.41) is 8.43. The molecule has 51 heavy (non-hydrogen) atoms. The van der Waals surface area contributed by atoms with Gasteiger partial charge < -0.3 is 16.0 Å². The fourth-order valence-electron chi connectivity index (χ4n) is 5.41. The molecular formula is C41H35N5O4S. The first-order chi connectivity index (χ1) is 24.8. The lowest BCUT2D eigenvalue weighted by molar-refractivity contribution is -0.114. The van der Waals surface area contributed by atoms with Gasteiger partial charge in [-0.25, -0.2) is 4.68 Å². The molecule has 6 aromatic rings. The summed E-state index contributed by atoms with van der Waals surface area (Å²) in [6, 6.07) is 42.6. The number of amides is 3. The number of carbonyl (C=O) groups excluding carboxylic acids is 3. The zero-order chi connectivity index (χ0) is 35.7. The standard InChI is InChI=1S/C41H35N5O4S/c1-28-38(41(50)46(45(28)2)34-18-10-5-11-19-34)44-37(47)27-51-35-20-12-17-33(26-35)42-40(49)36(43-39(48)32-15-8-4-9-16-32)25-29-21-23-31(24-22-29)30-13-6-3-7-14-30/h3-26H,27H2,1-2H3,(H,42,49)(H,43,48)(H,44,47)/b36-25+. The Kier molecular flexibility index (Phi) is 10.7. The molecule has 3 N–H and O–H groups in total. The van der Waals surface area contributed by atoms with Gasteiger partial charge in [-0.1, -0.05) is 97.1 Å². The lowest BCUT2D eigenvalue weighted by atomic mass is 10.0. The fourth-order valence-corrected chi connectivity index (χ4v) is 6.17. The van der Waals surface area contributed by atoms with Crippen LogP contribution >= 0.6 is 11.8 Å². The Morgan fingerprint density at radius 2 is 1.35 bits per heavy atom. The highest BCUT2D eigenvalue weighted by molar-refractivity contribution is 8.00. The van der Waals surface area contributed by atoms with Gasteiger partial charge in [-0.15, -0.1) is 11.8 Å². The second-order valence-corrected chi connectivity index (χ2v) is 12.7. The van der Waals surface area contributed by atoms with Gasteiger partial charge in [0.1, 0.15) is 11.4 Å². The van der Waals surface area contributed by atoms with Gasteiger partial charge in [0.25, 0.3) is 17.4 Å². The molecule has 0 saturated carbocycles. The van der Waals surface area contributed by atoms with E-state index in [1.165, 1.54) is 16.4 Å². The third-order valence-corrected chi connectivity index (χ3v) is 9.13. The average Bonchev–Trinajstić information content (AvgIpc) is 3.37. The molecule has 0 aliphatic heterocycles. The van der Waals surface area contributed by atoms with Gasteiger partial charge in [-0.3, -0.25) is 23.9 Å². The summed E-state index contributed by atoms with van der Waals surface area (Å²) in [6.45, 7) is 1.78. The minimum atomic E-state index is -0.513. The molecular weight excluding hydrogens is 659 g/mol. The van der Waals surface area contributed by atoms with Crippen LogP contribution in [-0.2, 0) is 16.6 Å². The van der Waals surface area contributed by atoms with Crippen molar-refractivity contribution in [2.45, 2.75) is 11.8 Å². The molecule has 0 saturated heterocycles. The van der Waals surface area contributed by atoms with Gasteiger partial charge >= 0.3 is 0 Å². The number of nitrogens with zero attached hydrogens (tertiary/aromatic N) is 2. The van der Waals surface area contributed by atoms with Gasteiger partial charge in [0.15, 0.2) is 0 Å². The van der Waals surface area contributed by atoms with Crippen LogP contribution in [0.3, 0.4) is 0 Å². The molecule has 0 fully saturated rings. The molecule has 0 aliphatic rings. The van der Waals surface area contributed by atoms with Crippen LogP contribution in [-0.4, -0.2) is 32.8 Å². The predicted molar refractivity (Wildman–Crippen MR) is 204 cm³/mol. The van der Waals surface area contributed by atoms with Crippen molar-refractivity contribution < 1.29 is 14.4 Å². The quantitative estimate of drug-likeness (QED) is 0.0975. The number of aromatic nitrogens is 2. The number of benzene rings is 5. The molecule has 254 valence electrons. The van der Waals surface area contributed by atoms with Crippen molar-refractivity contribution in [2.24, 2.45) is 7.05 Å². The minimum Gasteiger partial charge on any atom is -0.321 e. The number of thioether (sulfide) groups is 1. The molecule has 0 spiro atoms. The van der Waals surface area contributed by atoms with E-state index in [2.05, 4.69) is 16.0 Å². The highest BCUT2D eigenvalue weighted by Crippen LogP contribution is 2.24.